The summed E-state index contributed by atoms with van der Waals surface area (Å²) >= 11 is 0. The van der Waals surface area contributed by atoms with Gasteiger partial charge in [0.15, 0.2) is 5.65 Å². The minimum absolute atomic E-state index is 0.233. The highest BCUT2D eigenvalue weighted by atomic mass is 16.4. The fraction of sp³-hybridized carbons (Fsp3) is 0.455. The number of anilines is 1. The van der Waals surface area contributed by atoms with Crippen molar-refractivity contribution in [1.29, 1.82) is 0 Å². The summed E-state index contributed by atoms with van der Waals surface area (Å²) in [5.41, 5.74) is 0.709. The van der Waals surface area contributed by atoms with Crippen molar-refractivity contribution in [3.05, 3.63) is 12.5 Å². The van der Waals surface area contributed by atoms with Gasteiger partial charge in [0, 0.05) is 13.1 Å². The van der Waals surface area contributed by atoms with Crippen LogP contribution in [-0.2, 0) is 4.79 Å². The number of rotatable bonds is 2. The number of aromatic nitrogens is 4. The highest BCUT2D eigenvalue weighted by molar-refractivity contribution is 5.86. The number of carbonyl (C=O) groups is 1. The summed E-state index contributed by atoms with van der Waals surface area (Å²) in [6, 6.07) is 0. The van der Waals surface area contributed by atoms with Gasteiger partial charge >= 0.3 is 5.97 Å². The van der Waals surface area contributed by atoms with Crippen molar-refractivity contribution in [3.8, 4) is 0 Å². The van der Waals surface area contributed by atoms with Crippen molar-refractivity contribution in [2.24, 2.45) is 5.92 Å². The third-order valence-electron chi connectivity index (χ3n) is 3.37. The average Bonchev–Trinajstić information content (AvgIpc) is 2.87. The molecule has 1 saturated heterocycles. The second-order valence-corrected chi connectivity index (χ2v) is 4.43. The number of nitrogens with zero attached hydrogens (tertiary/aromatic N) is 4. The van der Waals surface area contributed by atoms with E-state index in [2.05, 4.69) is 25.1 Å². The molecule has 7 nitrogen and oxygen atoms in total. The van der Waals surface area contributed by atoms with E-state index < -0.39 is 5.97 Å². The molecule has 0 aliphatic carbocycles. The first kappa shape index (κ1) is 10.9. The maximum absolute atomic E-state index is 10.9. The van der Waals surface area contributed by atoms with Crippen LogP contribution in [0.2, 0.25) is 0 Å². The average molecular weight is 247 g/mol. The lowest BCUT2D eigenvalue weighted by Gasteiger charge is -2.31. The standard InChI is InChI=1S/C11H13N5O2/c17-11(18)7-1-3-16(4-2-7)10-8-5-14-15-9(8)12-6-13-10/h5-7H,1-4H2,(H,17,18)(H,12,13,14,15). The normalized spacial score (nSPS) is 17.2. The highest BCUT2D eigenvalue weighted by Crippen LogP contribution is 2.26. The largest absolute Gasteiger partial charge is 0.481 e. The SMILES string of the molecule is O=C(O)C1CCN(c2ncnc3[nH]ncc23)CC1. The van der Waals surface area contributed by atoms with Gasteiger partial charge in [-0.05, 0) is 12.8 Å². The molecule has 0 atom stereocenters. The van der Waals surface area contributed by atoms with Crippen LogP contribution in [0.25, 0.3) is 11.0 Å². The minimum atomic E-state index is -0.703. The Morgan fingerprint density at radius 3 is 2.89 bits per heavy atom. The molecule has 3 rings (SSSR count). The smallest absolute Gasteiger partial charge is 0.306 e. The molecular weight excluding hydrogens is 234 g/mol. The van der Waals surface area contributed by atoms with E-state index >= 15 is 0 Å². The van der Waals surface area contributed by atoms with E-state index in [4.69, 9.17) is 5.11 Å². The number of H-pyrrole nitrogens is 1. The van der Waals surface area contributed by atoms with E-state index in [1.807, 2.05) is 0 Å². The zero-order valence-electron chi connectivity index (χ0n) is 9.70. The molecule has 1 fully saturated rings. The molecule has 7 heteroatoms. The topological polar surface area (TPSA) is 95.0 Å². The van der Waals surface area contributed by atoms with Gasteiger partial charge in [-0.3, -0.25) is 9.89 Å². The summed E-state index contributed by atoms with van der Waals surface area (Å²) < 4.78 is 0. The summed E-state index contributed by atoms with van der Waals surface area (Å²) in [6.45, 7) is 1.41. The second-order valence-electron chi connectivity index (χ2n) is 4.43. The van der Waals surface area contributed by atoms with E-state index in [1.54, 1.807) is 6.20 Å². The monoisotopic (exact) mass is 247 g/mol. The molecule has 0 unspecified atom stereocenters. The molecule has 18 heavy (non-hydrogen) atoms. The predicted octanol–water partition coefficient (Wildman–Crippen LogP) is 0.654. The Morgan fingerprint density at radius 2 is 2.17 bits per heavy atom. The Balaban J connectivity index is 1.84. The van der Waals surface area contributed by atoms with Gasteiger partial charge in [-0.25, -0.2) is 9.97 Å². The number of piperidine rings is 1. The highest BCUT2D eigenvalue weighted by Gasteiger charge is 2.26. The molecule has 2 aromatic rings. The molecule has 0 aromatic carbocycles. The van der Waals surface area contributed by atoms with Crippen molar-refractivity contribution in [2.45, 2.75) is 12.8 Å². The quantitative estimate of drug-likeness (QED) is 0.809. The molecule has 2 aromatic heterocycles. The Bertz CT molecular complexity index is 574. The first-order chi connectivity index (χ1) is 8.75. The number of carboxylic acid groups (broad SMARTS) is 1. The molecule has 0 spiro atoms. The molecule has 2 N–H and O–H groups in total. The van der Waals surface area contributed by atoms with Crippen LogP contribution in [0.1, 0.15) is 12.8 Å². The summed E-state index contributed by atoms with van der Waals surface area (Å²) in [6.07, 6.45) is 4.50. The van der Waals surface area contributed by atoms with Crippen LogP contribution in [0.15, 0.2) is 12.5 Å². The Morgan fingerprint density at radius 1 is 1.39 bits per heavy atom. The van der Waals surface area contributed by atoms with E-state index in [-0.39, 0.29) is 5.92 Å². The van der Waals surface area contributed by atoms with Crippen LogP contribution in [0.3, 0.4) is 0 Å². The molecule has 0 saturated carbocycles. The Hall–Kier alpha value is -2.18. The van der Waals surface area contributed by atoms with Crippen molar-refractivity contribution in [2.75, 3.05) is 18.0 Å². The lowest BCUT2D eigenvalue weighted by molar-refractivity contribution is -0.142. The molecule has 0 amide bonds. The zero-order chi connectivity index (χ0) is 12.5. The first-order valence-corrected chi connectivity index (χ1v) is 5.87. The Kier molecular flexibility index (Phi) is 2.58. The van der Waals surface area contributed by atoms with Gasteiger partial charge < -0.3 is 10.0 Å². The van der Waals surface area contributed by atoms with Gasteiger partial charge in [-0.15, -0.1) is 0 Å². The van der Waals surface area contributed by atoms with E-state index in [0.717, 1.165) is 11.2 Å². The van der Waals surface area contributed by atoms with Crippen LogP contribution in [0.4, 0.5) is 5.82 Å². The van der Waals surface area contributed by atoms with Gasteiger partial charge in [-0.1, -0.05) is 0 Å². The van der Waals surface area contributed by atoms with Gasteiger partial charge in [0.25, 0.3) is 0 Å². The summed E-state index contributed by atoms with van der Waals surface area (Å²) in [7, 11) is 0. The molecule has 94 valence electrons. The maximum atomic E-state index is 10.9. The van der Waals surface area contributed by atoms with Crippen LogP contribution in [-0.4, -0.2) is 44.3 Å². The zero-order valence-corrected chi connectivity index (χ0v) is 9.70. The van der Waals surface area contributed by atoms with Crippen LogP contribution >= 0.6 is 0 Å². The van der Waals surface area contributed by atoms with Crippen LogP contribution < -0.4 is 4.90 Å². The summed E-state index contributed by atoms with van der Waals surface area (Å²) in [5.74, 6) is -0.105. The number of nitrogens with one attached hydrogen (secondary N) is 1. The summed E-state index contributed by atoms with van der Waals surface area (Å²) in [5, 5.41) is 16.6. The maximum Gasteiger partial charge on any atom is 0.306 e. The van der Waals surface area contributed by atoms with Gasteiger partial charge in [0.2, 0.25) is 0 Å². The van der Waals surface area contributed by atoms with Crippen LogP contribution in [0.5, 0.6) is 0 Å². The minimum Gasteiger partial charge on any atom is -0.481 e. The number of aromatic amines is 1. The van der Waals surface area contributed by atoms with Crippen molar-refractivity contribution in [1.82, 2.24) is 20.2 Å². The van der Waals surface area contributed by atoms with E-state index in [0.29, 0.717) is 31.6 Å². The third kappa shape index (κ3) is 1.77. The number of hydrogen-bond donors (Lipinski definition) is 2. The number of hydrogen-bond acceptors (Lipinski definition) is 5. The molecule has 1 aliphatic rings. The van der Waals surface area contributed by atoms with Crippen molar-refractivity contribution < 1.29 is 9.90 Å². The first-order valence-electron chi connectivity index (χ1n) is 5.87. The lowest BCUT2D eigenvalue weighted by atomic mass is 9.97. The number of fused-ring (bicyclic) bond motifs is 1. The molecule has 1 aliphatic heterocycles. The Labute approximate surface area is 103 Å². The predicted molar refractivity (Wildman–Crippen MR) is 64.3 cm³/mol. The van der Waals surface area contributed by atoms with E-state index in [9.17, 15) is 4.79 Å². The fourth-order valence-electron chi connectivity index (χ4n) is 2.34. The molecule has 0 radical (unpaired) electrons. The van der Waals surface area contributed by atoms with E-state index in [1.165, 1.54) is 6.33 Å². The third-order valence-corrected chi connectivity index (χ3v) is 3.37. The lowest BCUT2D eigenvalue weighted by Crippen LogP contribution is -2.36. The van der Waals surface area contributed by atoms with Gasteiger partial charge in [0.1, 0.15) is 12.1 Å². The second kappa shape index (κ2) is 4.25. The number of aliphatic carboxylic acids is 1. The fourth-order valence-corrected chi connectivity index (χ4v) is 2.34. The van der Waals surface area contributed by atoms with Crippen LogP contribution in [0, 0.1) is 5.92 Å². The summed E-state index contributed by atoms with van der Waals surface area (Å²) in [4.78, 5) is 21.4. The molecule has 3 heterocycles. The van der Waals surface area contributed by atoms with Crippen molar-refractivity contribution in [3.63, 3.8) is 0 Å². The molecule has 0 bridgehead atoms. The number of carboxylic acids is 1. The van der Waals surface area contributed by atoms with Gasteiger partial charge in [0.05, 0.1) is 17.5 Å². The molecular formula is C11H13N5O2. The van der Waals surface area contributed by atoms with Crippen molar-refractivity contribution >= 4 is 22.8 Å². The van der Waals surface area contributed by atoms with Gasteiger partial charge in [-0.2, -0.15) is 5.10 Å².